The molecule has 3 aromatic rings. The Morgan fingerprint density at radius 1 is 1.11 bits per heavy atom. The van der Waals surface area contributed by atoms with Gasteiger partial charge in [0.15, 0.2) is 0 Å². The first kappa shape index (κ1) is 20.1. The quantitative estimate of drug-likeness (QED) is 0.635. The van der Waals surface area contributed by atoms with Crippen molar-refractivity contribution in [2.75, 3.05) is 13.7 Å². The Bertz CT molecular complexity index is 1130. The molecule has 0 amide bonds. The first-order valence-corrected chi connectivity index (χ1v) is 10.2. The summed E-state index contributed by atoms with van der Waals surface area (Å²) in [5.74, 6) is 0.715. The molecule has 0 bridgehead atoms. The summed E-state index contributed by atoms with van der Waals surface area (Å²) >= 11 is 5.84. The average molecular weight is 420 g/mol. The average Bonchev–Trinajstić information content (AvgIpc) is 2.69. The van der Waals surface area contributed by atoms with E-state index in [1.807, 2.05) is 12.1 Å². The first-order chi connectivity index (χ1) is 13.4. The number of hydrogen-bond donors (Lipinski definition) is 1. The summed E-state index contributed by atoms with van der Waals surface area (Å²) in [5, 5.41) is 4.64. The Balaban J connectivity index is 1.73. The second kappa shape index (κ2) is 8.55. The Kier molecular flexibility index (Phi) is 6.13. The van der Waals surface area contributed by atoms with E-state index in [1.54, 1.807) is 37.4 Å². The molecule has 0 aliphatic carbocycles. The second-order valence-electron chi connectivity index (χ2n) is 5.86. The number of halogens is 1. The number of aromatic nitrogens is 2. The van der Waals surface area contributed by atoms with E-state index in [2.05, 4.69) is 9.82 Å². The lowest BCUT2D eigenvalue weighted by Crippen LogP contribution is -2.32. The monoisotopic (exact) mass is 419 g/mol. The molecular weight excluding hydrogens is 402 g/mol. The van der Waals surface area contributed by atoms with Gasteiger partial charge in [0, 0.05) is 23.2 Å². The van der Waals surface area contributed by atoms with Gasteiger partial charge >= 0.3 is 0 Å². The molecule has 0 fully saturated rings. The minimum Gasteiger partial charge on any atom is -0.497 e. The van der Waals surface area contributed by atoms with Crippen LogP contribution in [0.1, 0.15) is 0 Å². The van der Waals surface area contributed by atoms with Gasteiger partial charge in [-0.15, -0.1) is 0 Å². The smallest absolute Gasteiger partial charge is 0.266 e. The lowest BCUT2D eigenvalue weighted by Gasteiger charge is -2.10. The number of benzene rings is 2. The summed E-state index contributed by atoms with van der Waals surface area (Å²) in [5.41, 5.74) is 1.09. The predicted molar refractivity (Wildman–Crippen MR) is 107 cm³/mol. The first-order valence-electron chi connectivity index (χ1n) is 8.37. The van der Waals surface area contributed by atoms with E-state index in [-0.39, 0.29) is 23.5 Å². The molecule has 3 rings (SSSR count). The highest BCUT2D eigenvalue weighted by Crippen LogP contribution is 2.19. The van der Waals surface area contributed by atoms with Gasteiger partial charge in [0.25, 0.3) is 5.56 Å². The summed E-state index contributed by atoms with van der Waals surface area (Å²) in [7, 11) is -2.15. The molecule has 1 N–H and O–H groups in total. The van der Waals surface area contributed by atoms with Crippen molar-refractivity contribution in [1.82, 2.24) is 14.5 Å². The van der Waals surface area contributed by atoms with Crippen molar-refractivity contribution in [1.29, 1.82) is 0 Å². The number of rotatable bonds is 7. The van der Waals surface area contributed by atoms with Crippen LogP contribution in [0.4, 0.5) is 0 Å². The molecule has 1 heterocycles. The number of hydrogen-bond acceptors (Lipinski definition) is 5. The fourth-order valence-electron chi connectivity index (χ4n) is 2.53. The molecule has 0 atom stereocenters. The highest BCUT2D eigenvalue weighted by molar-refractivity contribution is 7.89. The van der Waals surface area contributed by atoms with Crippen molar-refractivity contribution in [3.63, 3.8) is 0 Å². The third-order valence-corrected chi connectivity index (χ3v) is 5.67. The number of nitrogens with one attached hydrogen (secondary N) is 1. The van der Waals surface area contributed by atoms with E-state index in [0.717, 1.165) is 5.56 Å². The highest BCUT2D eigenvalue weighted by Gasteiger charge is 2.14. The van der Waals surface area contributed by atoms with Crippen LogP contribution in [0, 0.1) is 0 Å². The molecule has 0 spiro atoms. The summed E-state index contributed by atoms with van der Waals surface area (Å²) in [6.45, 7) is 0.0937. The van der Waals surface area contributed by atoms with E-state index in [4.69, 9.17) is 16.3 Å². The normalized spacial score (nSPS) is 11.4. The third kappa shape index (κ3) is 4.78. The van der Waals surface area contributed by atoms with Gasteiger partial charge in [-0.05, 0) is 48.5 Å². The van der Waals surface area contributed by atoms with Crippen LogP contribution in [0.25, 0.3) is 11.3 Å². The molecule has 1 aromatic heterocycles. The summed E-state index contributed by atoms with van der Waals surface area (Å²) < 4.78 is 33.4. The lowest BCUT2D eigenvalue weighted by atomic mass is 10.1. The van der Waals surface area contributed by atoms with Crippen molar-refractivity contribution in [3.8, 4) is 17.0 Å². The number of ether oxygens (including phenoxy) is 1. The van der Waals surface area contributed by atoms with E-state index in [9.17, 15) is 13.2 Å². The maximum Gasteiger partial charge on any atom is 0.266 e. The third-order valence-electron chi connectivity index (χ3n) is 3.97. The van der Waals surface area contributed by atoms with E-state index in [1.165, 1.54) is 22.9 Å². The SMILES string of the molecule is COc1ccc(-c2ccc(=O)n(CCNS(=O)(=O)c3cccc(Cl)c3)n2)cc1. The topological polar surface area (TPSA) is 90.3 Å². The van der Waals surface area contributed by atoms with Crippen molar-refractivity contribution in [3.05, 3.63) is 76.0 Å². The van der Waals surface area contributed by atoms with Crippen LogP contribution in [0.5, 0.6) is 5.75 Å². The van der Waals surface area contributed by atoms with E-state index in [0.29, 0.717) is 16.5 Å². The standard InChI is InChI=1S/C19H18ClN3O4S/c1-27-16-7-5-14(6-8-16)18-9-10-19(24)23(22-18)12-11-21-28(25,26)17-4-2-3-15(20)13-17/h2-10,13,21H,11-12H2,1H3. The van der Waals surface area contributed by atoms with Crippen LogP contribution in [0.3, 0.4) is 0 Å². The zero-order valence-corrected chi connectivity index (χ0v) is 16.6. The van der Waals surface area contributed by atoms with Gasteiger partial charge in [0.1, 0.15) is 5.75 Å². The molecular formula is C19H18ClN3O4S. The molecule has 7 nitrogen and oxygen atoms in total. The Hall–Kier alpha value is -2.68. The maximum atomic E-state index is 12.3. The highest BCUT2D eigenvalue weighted by atomic mass is 35.5. The molecule has 2 aromatic carbocycles. The van der Waals surface area contributed by atoms with E-state index < -0.39 is 10.0 Å². The maximum absolute atomic E-state index is 12.3. The van der Waals surface area contributed by atoms with Crippen LogP contribution in [0.15, 0.2) is 70.4 Å². The summed E-state index contributed by atoms with van der Waals surface area (Å²) in [6, 6.07) is 16.2. The number of nitrogens with zero attached hydrogens (tertiary/aromatic N) is 2. The predicted octanol–water partition coefficient (Wildman–Crippen LogP) is 2.55. The summed E-state index contributed by atoms with van der Waals surface area (Å²) in [4.78, 5) is 12.1. The molecule has 0 aliphatic heterocycles. The zero-order valence-electron chi connectivity index (χ0n) is 15.0. The van der Waals surface area contributed by atoms with Crippen LogP contribution in [-0.4, -0.2) is 31.9 Å². The van der Waals surface area contributed by atoms with Crippen molar-refractivity contribution >= 4 is 21.6 Å². The fourth-order valence-corrected chi connectivity index (χ4v) is 3.85. The van der Waals surface area contributed by atoms with Crippen LogP contribution in [-0.2, 0) is 16.6 Å². The van der Waals surface area contributed by atoms with Crippen LogP contribution >= 0.6 is 11.6 Å². The lowest BCUT2D eigenvalue weighted by molar-refractivity contribution is 0.415. The van der Waals surface area contributed by atoms with Gasteiger partial charge in [0.2, 0.25) is 10.0 Å². The molecule has 0 saturated carbocycles. The van der Waals surface area contributed by atoms with Gasteiger partial charge < -0.3 is 4.74 Å². The Labute approximate surface area is 167 Å². The summed E-state index contributed by atoms with van der Waals surface area (Å²) in [6.07, 6.45) is 0. The fraction of sp³-hybridized carbons (Fsp3) is 0.158. The molecule has 0 saturated heterocycles. The molecule has 28 heavy (non-hydrogen) atoms. The van der Waals surface area contributed by atoms with Gasteiger partial charge in [-0.25, -0.2) is 17.8 Å². The van der Waals surface area contributed by atoms with Crippen molar-refractivity contribution in [2.24, 2.45) is 0 Å². The van der Waals surface area contributed by atoms with Gasteiger partial charge in [-0.3, -0.25) is 4.79 Å². The van der Waals surface area contributed by atoms with Gasteiger partial charge in [0.05, 0.1) is 24.2 Å². The molecule has 0 unspecified atom stereocenters. The molecule has 0 radical (unpaired) electrons. The minimum atomic E-state index is -3.73. The Morgan fingerprint density at radius 2 is 1.86 bits per heavy atom. The largest absolute Gasteiger partial charge is 0.497 e. The Morgan fingerprint density at radius 3 is 2.54 bits per heavy atom. The van der Waals surface area contributed by atoms with E-state index >= 15 is 0 Å². The van der Waals surface area contributed by atoms with Crippen LogP contribution < -0.4 is 15.0 Å². The van der Waals surface area contributed by atoms with Gasteiger partial charge in [-0.2, -0.15) is 5.10 Å². The molecule has 146 valence electrons. The number of methoxy groups -OCH3 is 1. The van der Waals surface area contributed by atoms with Crippen LogP contribution in [0.2, 0.25) is 5.02 Å². The molecule has 9 heteroatoms. The second-order valence-corrected chi connectivity index (χ2v) is 8.07. The van der Waals surface area contributed by atoms with Crippen molar-refractivity contribution < 1.29 is 13.2 Å². The van der Waals surface area contributed by atoms with Crippen molar-refractivity contribution in [2.45, 2.75) is 11.4 Å². The minimum absolute atomic E-state index is 0.00776. The zero-order chi connectivity index (χ0) is 20.1. The number of sulfonamides is 1. The molecule has 0 aliphatic rings. The van der Waals surface area contributed by atoms with Gasteiger partial charge in [-0.1, -0.05) is 17.7 Å².